The van der Waals surface area contributed by atoms with Crippen LogP contribution < -0.4 is 5.32 Å². The molecule has 3 nitrogen and oxygen atoms in total. The molecule has 2 amide bonds. The van der Waals surface area contributed by atoms with Gasteiger partial charge < -0.3 is 0 Å². The van der Waals surface area contributed by atoms with Gasteiger partial charge in [-0.25, -0.2) is 0 Å². The van der Waals surface area contributed by atoms with Crippen molar-refractivity contribution < 1.29 is 9.59 Å². The quantitative estimate of drug-likeness (QED) is 0.548. The van der Waals surface area contributed by atoms with Gasteiger partial charge in [0.2, 0.25) is 0 Å². The van der Waals surface area contributed by atoms with Crippen LogP contribution in [0.2, 0.25) is 0 Å². The third kappa shape index (κ3) is 4.43. The first-order valence-corrected chi connectivity index (χ1v) is 4.50. The molecule has 0 bridgehead atoms. The van der Waals surface area contributed by atoms with Crippen molar-refractivity contribution in [1.29, 1.82) is 0 Å². The number of amides is 2. The lowest BCUT2D eigenvalue weighted by Gasteiger charge is -1.95. The monoisotopic (exact) mass is 193 g/mol. The molecule has 0 spiro atoms. The van der Waals surface area contributed by atoms with E-state index in [4.69, 9.17) is 0 Å². The van der Waals surface area contributed by atoms with Gasteiger partial charge in [-0.1, -0.05) is 26.5 Å². The summed E-state index contributed by atoms with van der Waals surface area (Å²) in [5.41, 5.74) is 2.87. The highest BCUT2D eigenvalue weighted by molar-refractivity contribution is 6.16. The van der Waals surface area contributed by atoms with Crippen molar-refractivity contribution in [3.63, 3.8) is 0 Å². The zero-order valence-electron chi connectivity index (χ0n) is 8.43. The maximum absolute atomic E-state index is 10.9. The van der Waals surface area contributed by atoms with Gasteiger partial charge in [0.15, 0.2) is 0 Å². The fraction of sp³-hybridized carbons (Fsp3) is 0.364. The van der Waals surface area contributed by atoms with Gasteiger partial charge in [0, 0.05) is 11.6 Å². The minimum absolute atomic E-state index is 0.219. The van der Waals surface area contributed by atoms with Crippen LogP contribution in [0.1, 0.15) is 26.2 Å². The molecule has 0 radical (unpaired) electrons. The number of rotatable bonds is 3. The maximum Gasteiger partial charge on any atom is 0.254 e. The minimum Gasteiger partial charge on any atom is -0.289 e. The molecule has 1 N–H and O–H groups in total. The fourth-order valence-electron chi connectivity index (χ4n) is 1.00. The molecule has 0 unspecified atom stereocenters. The van der Waals surface area contributed by atoms with Gasteiger partial charge in [0.05, 0.1) is 0 Å². The maximum atomic E-state index is 10.9. The number of hydrogen-bond acceptors (Lipinski definition) is 2. The highest BCUT2D eigenvalue weighted by atomic mass is 16.2. The van der Waals surface area contributed by atoms with E-state index in [0.29, 0.717) is 12.0 Å². The van der Waals surface area contributed by atoms with E-state index in [9.17, 15) is 9.59 Å². The van der Waals surface area contributed by atoms with Gasteiger partial charge in [0.1, 0.15) is 0 Å². The summed E-state index contributed by atoms with van der Waals surface area (Å²) in [7, 11) is 0. The molecule has 1 heterocycles. The SMILES string of the molecule is C=C=C.CCCCC1=CC(=O)NC1=O. The topological polar surface area (TPSA) is 46.2 Å². The third-order valence-corrected chi connectivity index (χ3v) is 1.63. The van der Waals surface area contributed by atoms with E-state index >= 15 is 0 Å². The van der Waals surface area contributed by atoms with Gasteiger partial charge in [-0.05, 0) is 12.8 Å². The molecule has 1 aliphatic rings. The number of carbonyl (C=O) groups excluding carboxylic acids is 2. The first kappa shape index (κ1) is 12.4. The minimum atomic E-state index is -0.277. The van der Waals surface area contributed by atoms with Gasteiger partial charge in [0.25, 0.3) is 11.8 Å². The molecule has 0 aliphatic carbocycles. The van der Waals surface area contributed by atoms with Crippen molar-refractivity contribution in [2.75, 3.05) is 0 Å². The Hall–Kier alpha value is -1.60. The molecule has 1 rings (SSSR count). The van der Waals surface area contributed by atoms with E-state index in [0.717, 1.165) is 12.8 Å². The van der Waals surface area contributed by atoms with E-state index in [1.165, 1.54) is 6.08 Å². The third-order valence-electron chi connectivity index (χ3n) is 1.63. The van der Waals surface area contributed by atoms with E-state index in [-0.39, 0.29) is 11.8 Å². The van der Waals surface area contributed by atoms with Crippen LogP contribution in [0, 0.1) is 0 Å². The molecule has 3 heteroatoms. The second kappa shape index (κ2) is 6.87. The Balaban J connectivity index is 0.000000500. The Morgan fingerprint density at radius 3 is 2.36 bits per heavy atom. The number of carbonyl (C=O) groups is 2. The molecule has 0 saturated carbocycles. The van der Waals surface area contributed by atoms with Crippen molar-refractivity contribution >= 4 is 11.8 Å². The first-order valence-electron chi connectivity index (χ1n) is 4.50. The summed E-state index contributed by atoms with van der Waals surface area (Å²) in [6.45, 7) is 8.30. The molecule has 14 heavy (non-hydrogen) atoms. The molecular formula is C11H15NO2. The number of imide groups is 1. The van der Waals surface area contributed by atoms with Crippen molar-refractivity contribution in [3.8, 4) is 0 Å². The van der Waals surface area contributed by atoms with Crippen LogP contribution in [0.4, 0.5) is 0 Å². The predicted molar refractivity (Wildman–Crippen MR) is 55.5 cm³/mol. The number of nitrogens with one attached hydrogen (secondary N) is 1. The molecular weight excluding hydrogens is 178 g/mol. The van der Waals surface area contributed by atoms with Crippen LogP contribution in [0.5, 0.6) is 0 Å². The van der Waals surface area contributed by atoms with Crippen LogP contribution >= 0.6 is 0 Å². The average Bonchev–Trinajstić information content (AvgIpc) is 2.43. The van der Waals surface area contributed by atoms with Crippen molar-refractivity contribution in [1.82, 2.24) is 5.32 Å². The van der Waals surface area contributed by atoms with Crippen LogP contribution in [0.15, 0.2) is 30.5 Å². The summed E-state index contributed by atoms with van der Waals surface area (Å²) < 4.78 is 0. The van der Waals surface area contributed by atoms with E-state index in [1.54, 1.807) is 0 Å². The van der Waals surface area contributed by atoms with Crippen molar-refractivity contribution in [2.24, 2.45) is 0 Å². The number of hydrogen-bond donors (Lipinski definition) is 1. The molecule has 0 saturated heterocycles. The lowest BCUT2D eigenvalue weighted by atomic mass is 10.1. The molecule has 0 atom stereocenters. The normalized spacial score (nSPS) is 13.6. The summed E-state index contributed by atoms with van der Waals surface area (Å²) >= 11 is 0. The van der Waals surface area contributed by atoms with Crippen LogP contribution in [0.25, 0.3) is 0 Å². The van der Waals surface area contributed by atoms with Crippen molar-refractivity contribution in [3.05, 3.63) is 30.5 Å². The van der Waals surface area contributed by atoms with Gasteiger partial charge in [-0.2, -0.15) is 0 Å². The molecule has 0 aromatic carbocycles. The Morgan fingerprint density at radius 2 is 2.00 bits per heavy atom. The molecule has 0 aromatic rings. The Morgan fingerprint density at radius 1 is 1.43 bits per heavy atom. The van der Waals surface area contributed by atoms with E-state index in [2.05, 4.69) is 31.1 Å². The zero-order chi connectivity index (χ0) is 11.0. The van der Waals surface area contributed by atoms with Gasteiger partial charge in [-0.3, -0.25) is 14.9 Å². The predicted octanol–water partition coefficient (Wildman–Crippen LogP) is 1.72. The average molecular weight is 193 g/mol. The Bertz CT molecular complexity index is 284. The van der Waals surface area contributed by atoms with Crippen LogP contribution in [0.3, 0.4) is 0 Å². The largest absolute Gasteiger partial charge is 0.289 e. The first-order chi connectivity index (χ1) is 6.65. The van der Waals surface area contributed by atoms with Crippen LogP contribution in [-0.4, -0.2) is 11.8 Å². The lowest BCUT2D eigenvalue weighted by Crippen LogP contribution is -2.22. The van der Waals surface area contributed by atoms with Crippen molar-refractivity contribution in [2.45, 2.75) is 26.2 Å². The standard InChI is InChI=1S/C8H11NO2.C3H4/c1-2-3-4-6-5-7(10)9-8(6)11;1-3-2/h5H,2-4H2,1H3,(H,9,10,11);1-2H2. The fourth-order valence-corrected chi connectivity index (χ4v) is 1.00. The summed E-state index contributed by atoms with van der Waals surface area (Å²) in [4.78, 5) is 21.5. The van der Waals surface area contributed by atoms with E-state index in [1.807, 2.05) is 0 Å². The molecule has 76 valence electrons. The summed E-state index contributed by atoms with van der Waals surface area (Å²) in [5, 5.41) is 2.21. The number of unbranched alkanes of at least 4 members (excludes halogenated alkanes) is 1. The highest BCUT2D eigenvalue weighted by Gasteiger charge is 2.19. The summed E-state index contributed by atoms with van der Waals surface area (Å²) in [6, 6.07) is 0. The summed E-state index contributed by atoms with van der Waals surface area (Å²) in [5.74, 6) is -0.496. The second-order valence-corrected chi connectivity index (χ2v) is 2.84. The van der Waals surface area contributed by atoms with Gasteiger partial charge in [-0.15, -0.1) is 5.73 Å². The van der Waals surface area contributed by atoms with Crippen LogP contribution in [-0.2, 0) is 9.59 Å². The summed E-state index contributed by atoms with van der Waals surface area (Å²) in [6.07, 6.45) is 4.11. The van der Waals surface area contributed by atoms with Gasteiger partial charge >= 0.3 is 0 Å². The molecule has 0 aromatic heterocycles. The Kier molecular flexibility index (Phi) is 6.08. The highest BCUT2D eigenvalue weighted by Crippen LogP contribution is 2.10. The molecule has 1 aliphatic heterocycles. The Labute approximate surface area is 84.2 Å². The smallest absolute Gasteiger partial charge is 0.254 e. The second-order valence-electron chi connectivity index (χ2n) is 2.84. The molecule has 0 fully saturated rings. The lowest BCUT2D eigenvalue weighted by molar-refractivity contribution is -0.123. The zero-order valence-corrected chi connectivity index (χ0v) is 8.43. The van der Waals surface area contributed by atoms with E-state index < -0.39 is 0 Å².